The predicted octanol–water partition coefficient (Wildman–Crippen LogP) is 3.35. The van der Waals surface area contributed by atoms with Gasteiger partial charge in [0.25, 0.3) is 0 Å². The fourth-order valence-corrected chi connectivity index (χ4v) is 8.02. The van der Waals surface area contributed by atoms with E-state index in [1.54, 1.807) is 30.5 Å². The van der Waals surface area contributed by atoms with Crippen LogP contribution in [-0.4, -0.2) is 115 Å². The van der Waals surface area contributed by atoms with Crippen LogP contribution in [0.1, 0.15) is 73.6 Å². The third kappa shape index (κ3) is 9.97. The molecule has 2 aliphatic heterocycles. The maximum absolute atomic E-state index is 13.9. The molecule has 9 atom stereocenters. The molecule has 292 valence electrons. The Morgan fingerprint density at radius 1 is 1.13 bits per heavy atom. The molecule has 2 aliphatic rings. The van der Waals surface area contributed by atoms with Crippen LogP contribution in [0.2, 0.25) is 5.82 Å². The highest BCUT2D eigenvalue weighted by atomic mass is 16.6. The molecule has 4 rings (SSSR count). The number of rotatable bonds is 13. The zero-order valence-corrected chi connectivity index (χ0v) is 32.7. The van der Waals surface area contributed by atoms with E-state index in [0.717, 1.165) is 17.7 Å². The van der Waals surface area contributed by atoms with Crippen molar-refractivity contribution in [3.63, 3.8) is 0 Å². The van der Waals surface area contributed by atoms with Gasteiger partial charge in [0.2, 0.25) is 0 Å². The number of methoxy groups -OCH3 is 1. The summed E-state index contributed by atoms with van der Waals surface area (Å²) in [7, 11) is 8.33. The monoisotopic (exact) mass is 736 g/mol. The van der Waals surface area contributed by atoms with E-state index in [9.17, 15) is 14.4 Å². The summed E-state index contributed by atoms with van der Waals surface area (Å²) >= 11 is 0. The molecule has 0 spiro atoms. The number of amides is 1. The molecule has 1 aromatic carbocycles. The Hall–Kier alpha value is -3.53. The lowest BCUT2D eigenvalue weighted by Crippen LogP contribution is -2.62. The molecule has 14 nitrogen and oxygen atoms in total. The Kier molecular flexibility index (Phi) is 14.9. The van der Waals surface area contributed by atoms with Gasteiger partial charge in [0.05, 0.1) is 25.7 Å². The van der Waals surface area contributed by atoms with Crippen molar-refractivity contribution in [2.75, 3.05) is 45.6 Å². The highest BCUT2D eigenvalue weighted by Gasteiger charge is 2.59. The molecule has 0 aliphatic carbocycles. The third-order valence-electron chi connectivity index (χ3n) is 11.2. The first kappa shape index (κ1) is 42.2. The SMILES string of the molecule is [B][C@@H]1[C@@H](C)C(=O)[C@@H](C)C(=O)O[C@H](CC)[C@@]2(C)OC(=O)N(CCCCn3cc(-c4cccc(N)c4)nn3)[C@@H]2[C@@H](CCNCCN)NC[C@H](C)C[C@@]1(C)OC. The summed E-state index contributed by atoms with van der Waals surface area (Å²) in [4.78, 5) is 43.1. The van der Waals surface area contributed by atoms with E-state index in [1.807, 2.05) is 51.2 Å². The molecule has 15 heteroatoms. The number of aromatic nitrogens is 3. The Morgan fingerprint density at radius 2 is 1.87 bits per heavy atom. The number of ether oxygens (including phenoxy) is 3. The number of carbonyl (C=O) groups excluding carboxylic acids is 3. The molecule has 2 saturated heterocycles. The minimum Gasteiger partial charge on any atom is -0.458 e. The molecule has 1 aromatic heterocycles. The van der Waals surface area contributed by atoms with Gasteiger partial charge >= 0.3 is 12.1 Å². The van der Waals surface area contributed by atoms with E-state index in [-0.39, 0.29) is 17.7 Å². The molecule has 0 unspecified atom stereocenters. The molecular formula is C38H61BN8O6. The number of ketones is 1. The molecular weight excluding hydrogens is 675 g/mol. The number of nitrogens with two attached hydrogens (primary N) is 2. The highest BCUT2D eigenvalue weighted by molar-refractivity contribution is 6.15. The summed E-state index contributed by atoms with van der Waals surface area (Å²) in [5.74, 6) is -3.31. The molecule has 2 radical (unpaired) electrons. The highest BCUT2D eigenvalue weighted by Crippen LogP contribution is 2.41. The standard InChI is InChI=1S/C38H61BN8O6/c1-8-31-38(6)34(47(36(50)53-38)19-10-9-18-46-23-30(44-45-46)27-12-11-13-28(41)20-27)29(14-16-42-17-15-40)43-22-24(2)21-37(5,51-7)33(39)25(3)32(48)26(4)35(49)52-31/h11-13,20,23-26,29,31,33-34,42-43H,8-10,14-19,21-22,40-41H2,1-7H3/t24-,25+,26-,29-,31-,33-,34-,37-,38-/m1/s1. The average molecular weight is 737 g/mol. The smallest absolute Gasteiger partial charge is 0.410 e. The lowest BCUT2D eigenvalue weighted by Gasteiger charge is -2.42. The van der Waals surface area contributed by atoms with Crippen LogP contribution in [0, 0.1) is 17.8 Å². The lowest BCUT2D eigenvalue weighted by atomic mass is 9.62. The van der Waals surface area contributed by atoms with Gasteiger partial charge in [0, 0.05) is 56.5 Å². The van der Waals surface area contributed by atoms with Gasteiger partial charge in [-0.3, -0.25) is 19.2 Å². The second-order valence-corrected chi connectivity index (χ2v) is 15.3. The van der Waals surface area contributed by atoms with E-state index in [0.29, 0.717) is 70.6 Å². The number of nitrogen functional groups attached to an aromatic ring is 1. The number of Topliss-reactive ketones (excluding diaryl/α,β-unsaturated/α-hetero) is 1. The van der Waals surface area contributed by atoms with Gasteiger partial charge in [-0.15, -0.1) is 5.10 Å². The second kappa shape index (κ2) is 18.7. The molecule has 1 amide bonds. The van der Waals surface area contributed by atoms with Gasteiger partial charge in [-0.1, -0.05) is 38.1 Å². The Morgan fingerprint density at radius 3 is 2.55 bits per heavy atom. The number of nitrogens with one attached hydrogen (secondary N) is 2. The summed E-state index contributed by atoms with van der Waals surface area (Å²) in [5, 5.41) is 15.8. The van der Waals surface area contributed by atoms with Crippen LogP contribution in [0.4, 0.5) is 10.5 Å². The van der Waals surface area contributed by atoms with Crippen molar-refractivity contribution in [1.29, 1.82) is 0 Å². The zero-order chi connectivity index (χ0) is 38.9. The quantitative estimate of drug-likeness (QED) is 0.0773. The second-order valence-electron chi connectivity index (χ2n) is 15.3. The first-order valence-corrected chi connectivity index (χ1v) is 19.1. The minimum absolute atomic E-state index is 0.0767. The van der Waals surface area contributed by atoms with Crippen molar-refractivity contribution in [3.8, 4) is 11.3 Å². The molecule has 2 aromatic rings. The topological polar surface area (TPSA) is 189 Å². The normalized spacial score (nSPS) is 31.7. The van der Waals surface area contributed by atoms with Crippen LogP contribution in [0.5, 0.6) is 0 Å². The number of aryl methyl sites for hydroxylation is 1. The van der Waals surface area contributed by atoms with Gasteiger partial charge in [-0.05, 0) is 89.8 Å². The molecule has 3 heterocycles. The Bertz CT molecular complexity index is 1530. The van der Waals surface area contributed by atoms with Gasteiger partial charge < -0.3 is 36.3 Å². The first-order chi connectivity index (χ1) is 25.2. The number of nitrogens with zero attached hydrogens (tertiary/aromatic N) is 4. The van der Waals surface area contributed by atoms with Crippen LogP contribution < -0.4 is 22.1 Å². The van der Waals surface area contributed by atoms with Crippen molar-refractivity contribution in [3.05, 3.63) is 30.5 Å². The van der Waals surface area contributed by atoms with Crippen molar-refractivity contribution in [2.24, 2.45) is 23.5 Å². The summed E-state index contributed by atoms with van der Waals surface area (Å²) in [5.41, 5.74) is 12.0. The number of benzene rings is 1. The Balaban J connectivity index is 1.63. The minimum atomic E-state index is -1.22. The Labute approximate surface area is 316 Å². The van der Waals surface area contributed by atoms with Crippen molar-refractivity contribution >= 4 is 31.4 Å². The maximum Gasteiger partial charge on any atom is 0.410 e. The lowest BCUT2D eigenvalue weighted by molar-refractivity contribution is -0.170. The van der Waals surface area contributed by atoms with Gasteiger partial charge in [-0.2, -0.15) is 0 Å². The predicted molar refractivity (Wildman–Crippen MR) is 205 cm³/mol. The largest absolute Gasteiger partial charge is 0.458 e. The van der Waals surface area contributed by atoms with Crippen molar-refractivity contribution in [2.45, 2.75) is 115 Å². The molecule has 2 fully saturated rings. The van der Waals surface area contributed by atoms with Crippen molar-refractivity contribution < 1.29 is 28.6 Å². The molecule has 53 heavy (non-hydrogen) atoms. The number of anilines is 1. The van der Waals surface area contributed by atoms with E-state index < -0.39 is 53.1 Å². The van der Waals surface area contributed by atoms with Gasteiger partial charge in [-0.25, -0.2) is 4.79 Å². The van der Waals surface area contributed by atoms with E-state index in [1.165, 1.54) is 0 Å². The maximum atomic E-state index is 13.9. The molecule has 6 N–H and O–H groups in total. The van der Waals surface area contributed by atoms with Crippen LogP contribution in [0.3, 0.4) is 0 Å². The summed E-state index contributed by atoms with van der Waals surface area (Å²) in [6.07, 6.45) is 3.56. The van der Waals surface area contributed by atoms with Crippen LogP contribution in [0.15, 0.2) is 30.5 Å². The number of hydrogen-bond acceptors (Lipinski definition) is 12. The van der Waals surface area contributed by atoms with E-state index >= 15 is 0 Å². The van der Waals surface area contributed by atoms with Crippen LogP contribution >= 0.6 is 0 Å². The van der Waals surface area contributed by atoms with Crippen LogP contribution in [-0.2, 0) is 30.3 Å². The number of esters is 1. The fraction of sp³-hybridized carbons (Fsp3) is 0.711. The summed E-state index contributed by atoms with van der Waals surface area (Å²) in [6.45, 7) is 14.4. The number of fused-ring (bicyclic) bond motifs is 1. The van der Waals surface area contributed by atoms with Gasteiger partial charge in [0.1, 0.15) is 23.5 Å². The summed E-state index contributed by atoms with van der Waals surface area (Å²) < 4.78 is 20.2. The number of unbranched alkanes of at least 4 members (excludes halogenated alkanes) is 1. The van der Waals surface area contributed by atoms with E-state index in [4.69, 9.17) is 33.5 Å². The summed E-state index contributed by atoms with van der Waals surface area (Å²) in [6, 6.07) is 6.75. The number of cyclic esters (lactones) is 1. The number of hydrogen-bond donors (Lipinski definition) is 4. The number of carbonyl (C=O) groups is 3. The van der Waals surface area contributed by atoms with Crippen molar-refractivity contribution in [1.82, 2.24) is 30.5 Å². The van der Waals surface area contributed by atoms with E-state index in [2.05, 4.69) is 27.9 Å². The fourth-order valence-electron chi connectivity index (χ4n) is 8.02. The third-order valence-corrected chi connectivity index (χ3v) is 11.2. The zero-order valence-electron chi connectivity index (χ0n) is 32.7. The first-order valence-electron chi connectivity index (χ1n) is 19.1. The molecule has 0 saturated carbocycles. The van der Waals surface area contributed by atoms with Gasteiger partial charge in [0.15, 0.2) is 5.60 Å². The average Bonchev–Trinajstić information content (AvgIpc) is 3.71. The molecule has 0 bridgehead atoms. The van der Waals surface area contributed by atoms with Crippen LogP contribution in [0.25, 0.3) is 11.3 Å².